The molecule has 0 aliphatic rings. The Hall–Kier alpha value is -0.830. The molecule has 3 heteroatoms. The van der Waals surface area contributed by atoms with E-state index in [1.165, 1.54) is 0 Å². The molecule has 0 aromatic carbocycles. The van der Waals surface area contributed by atoms with Gasteiger partial charge in [0.15, 0.2) is 6.33 Å². The van der Waals surface area contributed by atoms with Gasteiger partial charge in [0.2, 0.25) is 0 Å². The van der Waals surface area contributed by atoms with Crippen molar-refractivity contribution in [2.75, 3.05) is 13.7 Å². The molecule has 1 heterocycles. The summed E-state index contributed by atoms with van der Waals surface area (Å²) >= 11 is 0. The lowest BCUT2D eigenvalue weighted by Gasteiger charge is -1.94. The number of aromatic amines is 1. The molecule has 1 radical (unpaired) electrons. The number of imidazole rings is 1. The smallest absolute Gasteiger partial charge is 0.173 e. The lowest BCUT2D eigenvalue weighted by atomic mass is 10.3. The van der Waals surface area contributed by atoms with Gasteiger partial charge in [-0.05, 0) is 12.8 Å². The highest BCUT2D eigenvalue weighted by molar-refractivity contribution is 4.92. The highest BCUT2D eigenvalue weighted by Crippen LogP contribution is 1.95. The van der Waals surface area contributed by atoms with Crippen LogP contribution in [-0.4, -0.2) is 23.7 Å². The number of rotatable bonds is 4. The molecule has 0 saturated heterocycles. The van der Waals surface area contributed by atoms with Gasteiger partial charge in [0.1, 0.15) is 0 Å². The van der Waals surface area contributed by atoms with Gasteiger partial charge in [-0.3, -0.25) is 0 Å². The van der Waals surface area contributed by atoms with Crippen molar-refractivity contribution in [2.24, 2.45) is 0 Å². The van der Waals surface area contributed by atoms with Crippen LogP contribution in [0.1, 0.15) is 12.1 Å². The highest BCUT2D eigenvalue weighted by atomic mass is 16.5. The Balaban J connectivity index is 2.15. The van der Waals surface area contributed by atoms with E-state index in [-0.39, 0.29) is 0 Å². The van der Waals surface area contributed by atoms with E-state index < -0.39 is 0 Å². The molecule has 0 aliphatic heterocycles. The first-order valence-corrected chi connectivity index (χ1v) is 3.33. The molecule has 0 saturated carbocycles. The summed E-state index contributed by atoms with van der Waals surface area (Å²) < 4.78 is 4.89. The first-order valence-electron chi connectivity index (χ1n) is 3.33. The highest BCUT2D eigenvalue weighted by Gasteiger charge is 1.92. The van der Waals surface area contributed by atoms with Crippen LogP contribution in [0.4, 0.5) is 0 Å². The molecular weight excluding hydrogens is 128 g/mol. The maximum Gasteiger partial charge on any atom is 0.173 e. The number of aromatic nitrogens is 2. The van der Waals surface area contributed by atoms with Crippen LogP contribution in [0.15, 0.2) is 6.20 Å². The second-order valence-electron chi connectivity index (χ2n) is 2.10. The predicted molar refractivity (Wildman–Crippen MR) is 37.6 cm³/mol. The number of hydrogen-bond acceptors (Lipinski definition) is 2. The number of hydrogen-bond donors (Lipinski definition) is 1. The number of aryl methyl sites for hydroxylation is 1. The van der Waals surface area contributed by atoms with Crippen LogP contribution in [-0.2, 0) is 11.2 Å². The van der Waals surface area contributed by atoms with Crippen molar-refractivity contribution in [2.45, 2.75) is 12.8 Å². The Morgan fingerprint density at radius 3 is 3.30 bits per heavy atom. The second kappa shape index (κ2) is 4.06. The molecule has 1 rings (SSSR count). The number of methoxy groups -OCH3 is 1. The summed E-state index contributed by atoms with van der Waals surface area (Å²) in [5.41, 5.74) is 1.05. The molecule has 1 aromatic rings. The number of H-pyrrole nitrogens is 1. The number of nitrogens with one attached hydrogen (secondary N) is 1. The molecule has 3 nitrogen and oxygen atoms in total. The quantitative estimate of drug-likeness (QED) is 0.626. The van der Waals surface area contributed by atoms with Gasteiger partial charge in [-0.1, -0.05) is 0 Å². The first-order chi connectivity index (χ1) is 4.93. The Bertz CT molecular complexity index is 160. The van der Waals surface area contributed by atoms with Crippen LogP contribution in [0.3, 0.4) is 0 Å². The Morgan fingerprint density at radius 2 is 2.70 bits per heavy atom. The van der Waals surface area contributed by atoms with Gasteiger partial charge in [0.25, 0.3) is 0 Å². The van der Waals surface area contributed by atoms with E-state index in [1.54, 1.807) is 7.11 Å². The zero-order valence-corrected chi connectivity index (χ0v) is 6.05. The van der Waals surface area contributed by atoms with Crippen LogP contribution in [0.25, 0.3) is 0 Å². The van der Waals surface area contributed by atoms with E-state index in [0.717, 1.165) is 25.1 Å². The van der Waals surface area contributed by atoms with E-state index in [9.17, 15) is 0 Å². The zero-order chi connectivity index (χ0) is 7.23. The Morgan fingerprint density at radius 1 is 1.80 bits per heavy atom. The van der Waals surface area contributed by atoms with Crippen molar-refractivity contribution < 1.29 is 4.74 Å². The second-order valence-corrected chi connectivity index (χ2v) is 2.10. The van der Waals surface area contributed by atoms with E-state index >= 15 is 0 Å². The minimum atomic E-state index is 0.798. The molecule has 0 unspecified atom stereocenters. The van der Waals surface area contributed by atoms with Gasteiger partial charge in [-0.2, -0.15) is 0 Å². The van der Waals surface area contributed by atoms with E-state index in [0.29, 0.717) is 0 Å². The summed E-state index contributed by atoms with van der Waals surface area (Å²) in [5.74, 6) is 0. The van der Waals surface area contributed by atoms with Crippen LogP contribution >= 0.6 is 0 Å². The molecule has 10 heavy (non-hydrogen) atoms. The third-order valence-corrected chi connectivity index (χ3v) is 1.28. The maximum absolute atomic E-state index is 4.89. The maximum atomic E-state index is 4.89. The molecule has 1 aromatic heterocycles. The van der Waals surface area contributed by atoms with Gasteiger partial charge in [0.05, 0.1) is 5.69 Å². The van der Waals surface area contributed by atoms with Crippen molar-refractivity contribution in [3.05, 3.63) is 18.2 Å². The summed E-state index contributed by atoms with van der Waals surface area (Å²) in [6.45, 7) is 0.798. The molecule has 0 atom stereocenters. The zero-order valence-electron chi connectivity index (χ0n) is 6.05. The van der Waals surface area contributed by atoms with Crippen molar-refractivity contribution in [3.63, 3.8) is 0 Å². The Kier molecular flexibility index (Phi) is 2.96. The molecule has 0 fully saturated rings. The molecule has 0 aliphatic carbocycles. The minimum Gasteiger partial charge on any atom is -0.385 e. The third-order valence-electron chi connectivity index (χ3n) is 1.28. The Labute approximate surface area is 60.4 Å². The fraction of sp³-hybridized carbons (Fsp3) is 0.571. The molecule has 0 bridgehead atoms. The van der Waals surface area contributed by atoms with Crippen molar-refractivity contribution >= 4 is 0 Å². The molecule has 1 N–H and O–H groups in total. The van der Waals surface area contributed by atoms with Crippen molar-refractivity contribution in [1.29, 1.82) is 0 Å². The predicted octanol–water partition coefficient (Wildman–Crippen LogP) is 0.789. The monoisotopic (exact) mass is 139 g/mol. The SMILES string of the molecule is COCCCc1c[nH][c]n1. The lowest BCUT2D eigenvalue weighted by Crippen LogP contribution is -1.92. The molecule has 0 spiro atoms. The fourth-order valence-corrected chi connectivity index (χ4v) is 0.778. The normalized spacial score (nSPS) is 10.1. The summed E-state index contributed by atoms with van der Waals surface area (Å²) in [6, 6.07) is 0. The summed E-state index contributed by atoms with van der Waals surface area (Å²) in [4.78, 5) is 6.73. The van der Waals surface area contributed by atoms with Gasteiger partial charge in [0, 0.05) is 19.9 Å². The third kappa shape index (κ3) is 2.19. The average Bonchev–Trinajstić information content (AvgIpc) is 2.41. The number of nitrogens with zero attached hydrogens (tertiary/aromatic N) is 1. The number of ether oxygens (including phenoxy) is 1. The van der Waals surface area contributed by atoms with Crippen LogP contribution in [0.2, 0.25) is 0 Å². The van der Waals surface area contributed by atoms with E-state index in [2.05, 4.69) is 16.3 Å². The van der Waals surface area contributed by atoms with E-state index in [1.807, 2.05) is 6.20 Å². The largest absolute Gasteiger partial charge is 0.385 e. The standard InChI is InChI=1S/C7H11N2O/c1-10-4-2-3-7-5-8-6-9-7/h5H,2-4H2,1H3,(H,8,9). The van der Waals surface area contributed by atoms with E-state index in [4.69, 9.17) is 4.74 Å². The van der Waals surface area contributed by atoms with Crippen LogP contribution in [0.5, 0.6) is 0 Å². The fourth-order valence-electron chi connectivity index (χ4n) is 0.778. The molecule has 55 valence electrons. The topological polar surface area (TPSA) is 37.9 Å². The molecule has 0 amide bonds. The summed E-state index contributed by atoms with van der Waals surface area (Å²) in [6.07, 6.45) is 6.49. The van der Waals surface area contributed by atoms with Crippen molar-refractivity contribution in [1.82, 2.24) is 9.97 Å². The van der Waals surface area contributed by atoms with Gasteiger partial charge in [-0.25, -0.2) is 4.98 Å². The van der Waals surface area contributed by atoms with Crippen molar-refractivity contribution in [3.8, 4) is 0 Å². The van der Waals surface area contributed by atoms with Gasteiger partial charge >= 0.3 is 0 Å². The average molecular weight is 139 g/mol. The van der Waals surface area contributed by atoms with Gasteiger partial charge in [-0.15, -0.1) is 0 Å². The van der Waals surface area contributed by atoms with Crippen LogP contribution in [0, 0.1) is 6.33 Å². The summed E-state index contributed by atoms with van der Waals surface area (Å²) in [7, 11) is 1.71. The summed E-state index contributed by atoms with van der Waals surface area (Å²) in [5, 5.41) is 0. The van der Waals surface area contributed by atoms with Gasteiger partial charge < -0.3 is 9.72 Å². The molecular formula is C7H11N2O. The van der Waals surface area contributed by atoms with Crippen LogP contribution < -0.4 is 0 Å². The minimum absolute atomic E-state index is 0.798. The first kappa shape index (κ1) is 7.28. The lowest BCUT2D eigenvalue weighted by molar-refractivity contribution is 0.195.